The first kappa shape index (κ1) is 14.9. The molecule has 7 heteroatoms. The van der Waals surface area contributed by atoms with Gasteiger partial charge in [0.15, 0.2) is 9.84 Å². The van der Waals surface area contributed by atoms with Crippen molar-refractivity contribution in [2.75, 3.05) is 5.75 Å². The molecule has 0 fully saturated rings. The summed E-state index contributed by atoms with van der Waals surface area (Å²) in [4.78, 5) is 21.9. The van der Waals surface area contributed by atoms with E-state index in [4.69, 9.17) is 5.11 Å². The molecule has 1 amide bonds. The monoisotopic (exact) mass is 251 g/mol. The highest BCUT2D eigenvalue weighted by molar-refractivity contribution is 7.92. The summed E-state index contributed by atoms with van der Waals surface area (Å²) in [6.07, 6.45) is 0.211. The Morgan fingerprint density at radius 3 is 2.12 bits per heavy atom. The number of carbonyl (C=O) groups is 2. The Bertz CT molecular complexity index is 360. The fraction of sp³-hybridized carbons (Fsp3) is 0.778. The highest BCUT2D eigenvalue weighted by Gasteiger charge is 2.24. The zero-order valence-electron chi connectivity index (χ0n) is 9.56. The van der Waals surface area contributed by atoms with Crippen molar-refractivity contribution >= 4 is 21.7 Å². The van der Waals surface area contributed by atoms with Gasteiger partial charge in [0.25, 0.3) is 0 Å². The number of rotatable bonds is 6. The Labute approximate surface area is 95.0 Å². The van der Waals surface area contributed by atoms with E-state index in [1.165, 1.54) is 13.8 Å². The summed E-state index contributed by atoms with van der Waals surface area (Å²) in [6.45, 7) is 4.53. The standard InChI is InChI=1S/C9H17NO5S/c1-4-7(9(12)13)10-8(11)5-16(14,15)6(2)3/h6-7H,4-5H2,1-3H3,(H,10,11)(H,12,13). The molecule has 0 aliphatic carbocycles. The molecule has 1 unspecified atom stereocenters. The van der Waals surface area contributed by atoms with Gasteiger partial charge >= 0.3 is 5.97 Å². The largest absolute Gasteiger partial charge is 0.480 e. The highest BCUT2D eigenvalue weighted by Crippen LogP contribution is 2.01. The van der Waals surface area contributed by atoms with E-state index >= 15 is 0 Å². The van der Waals surface area contributed by atoms with Crippen LogP contribution in [0.3, 0.4) is 0 Å². The number of hydrogen-bond acceptors (Lipinski definition) is 4. The predicted molar refractivity (Wildman–Crippen MR) is 58.8 cm³/mol. The summed E-state index contributed by atoms with van der Waals surface area (Å²) in [6, 6.07) is -1.03. The summed E-state index contributed by atoms with van der Waals surface area (Å²) in [5.74, 6) is -2.62. The number of sulfone groups is 1. The summed E-state index contributed by atoms with van der Waals surface area (Å²) >= 11 is 0. The van der Waals surface area contributed by atoms with Crippen molar-refractivity contribution in [3.8, 4) is 0 Å². The molecule has 0 saturated carbocycles. The Morgan fingerprint density at radius 1 is 1.31 bits per heavy atom. The number of aliphatic carboxylic acids is 1. The average molecular weight is 251 g/mol. The third-order valence-corrected chi connectivity index (χ3v) is 4.19. The van der Waals surface area contributed by atoms with Crippen LogP contribution in [0.1, 0.15) is 27.2 Å². The van der Waals surface area contributed by atoms with Crippen LogP contribution in [0.2, 0.25) is 0 Å². The number of hydrogen-bond donors (Lipinski definition) is 2. The van der Waals surface area contributed by atoms with E-state index in [1.807, 2.05) is 0 Å². The van der Waals surface area contributed by atoms with E-state index < -0.39 is 38.8 Å². The molecule has 0 spiro atoms. The van der Waals surface area contributed by atoms with Gasteiger partial charge in [0, 0.05) is 0 Å². The molecule has 0 aromatic heterocycles. The van der Waals surface area contributed by atoms with Crippen molar-refractivity contribution in [3.63, 3.8) is 0 Å². The Balaban J connectivity index is 4.45. The minimum atomic E-state index is -3.48. The fourth-order valence-electron chi connectivity index (χ4n) is 0.924. The highest BCUT2D eigenvalue weighted by atomic mass is 32.2. The maximum atomic E-state index is 11.4. The molecule has 0 aromatic carbocycles. The number of carboxylic acids is 1. The summed E-state index contributed by atoms with van der Waals surface area (Å²) in [5, 5.41) is 10.2. The first-order chi connectivity index (χ1) is 7.20. The molecule has 6 nitrogen and oxygen atoms in total. The topological polar surface area (TPSA) is 101 Å². The van der Waals surface area contributed by atoms with Gasteiger partial charge < -0.3 is 10.4 Å². The van der Waals surface area contributed by atoms with Crippen molar-refractivity contribution in [1.29, 1.82) is 0 Å². The quantitative estimate of drug-likeness (QED) is 0.680. The molecule has 0 saturated heterocycles. The maximum Gasteiger partial charge on any atom is 0.326 e. The van der Waals surface area contributed by atoms with Gasteiger partial charge in [-0.3, -0.25) is 4.79 Å². The van der Waals surface area contributed by atoms with Crippen LogP contribution in [0, 0.1) is 0 Å². The molecule has 0 bridgehead atoms. The van der Waals surface area contributed by atoms with Gasteiger partial charge in [-0.25, -0.2) is 13.2 Å². The van der Waals surface area contributed by atoms with Gasteiger partial charge in [0.05, 0.1) is 5.25 Å². The molecule has 1 atom stereocenters. The Morgan fingerprint density at radius 2 is 1.81 bits per heavy atom. The van der Waals surface area contributed by atoms with Gasteiger partial charge in [-0.1, -0.05) is 6.92 Å². The van der Waals surface area contributed by atoms with Gasteiger partial charge in [0.2, 0.25) is 5.91 Å². The van der Waals surface area contributed by atoms with E-state index in [-0.39, 0.29) is 6.42 Å². The van der Waals surface area contributed by atoms with Gasteiger partial charge in [-0.05, 0) is 20.3 Å². The molecule has 2 N–H and O–H groups in total. The van der Waals surface area contributed by atoms with Crippen molar-refractivity contribution in [3.05, 3.63) is 0 Å². The van der Waals surface area contributed by atoms with E-state index in [1.54, 1.807) is 6.92 Å². The minimum Gasteiger partial charge on any atom is -0.480 e. The van der Waals surface area contributed by atoms with Crippen LogP contribution in [0.5, 0.6) is 0 Å². The van der Waals surface area contributed by atoms with Crippen LogP contribution >= 0.6 is 0 Å². The van der Waals surface area contributed by atoms with Crippen molar-refractivity contribution in [2.24, 2.45) is 0 Å². The average Bonchev–Trinajstić information content (AvgIpc) is 2.12. The minimum absolute atomic E-state index is 0.211. The Hall–Kier alpha value is -1.11. The van der Waals surface area contributed by atoms with Gasteiger partial charge in [0.1, 0.15) is 11.8 Å². The van der Waals surface area contributed by atoms with E-state index in [9.17, 15) is 18.0 Å². The fourth-order valence-corrected chi connectivity index (χ4v) is 1.71. The van der Waals surface area contributed by atoms with Crippen LogP contribution in [-0.2, 0) is 19.4 Å². The van der Waals surface area contributed by atoms with E-state index in [2.05, 4.69) is 5.32 Å². The molecule has 94 valence electrons. The third-order valence-electron chi connectivity index (χ3n) is 2.09. The second-order valence-corrected chi connectivity index (χ2v) is 6.28. The number of carbonyl (C=O) groups excluding carboxylic acids is 1. The molecule has 0 aliphatic heterocycles. The Kier molecular flexibility index (Phi) is 5.43. The van der Waals surface area contributed by atoms with Crippen molar-refractivity contribution in [1.82, 2.24) is 5.32 Å². The van der Waals surface area contributed by atoms with Crippen LogP contribution in [0.15, 0.2) is 0 Å². The summed E-state index contributed by atoms with van der Waals surface area (Å²) in [7, 11) is -3.48. The van der Waals surface area contributed by atoms with Crippen LogP contribution in [0.25, 0.3) is 0 Å². The van der Waals surface area contributed by atoms with Crippen LogP contribution in [0.4, 0.5) is 0 Å². The number of amides is 1. The van der Waals surface area contributed by atoms with Gasteiger partial charge in [-0.15, -0.1) is 0 Å². The molecular formula is C9H17NO5S. The molecule has 0 rings (SSSR count). The molecule has 0 heterocycles. The number of carboxylic acid groups (broad SMARTS) is 1. The van der Waals surface area contributed by atoms with Crippen LogP contribution < -0.4 is 5.32 Å². The SMILES string of the molecule is CCC(NC(=O)CS(=O)(=O)C(C)C)C(=O)O. The van der Waals surface area contributed by atoms with Crippen molar-refractivity contribution < 1.29 is 23.1 Å². The zero-order chi connectivity index (χ0) is 12.9. The second kappa shape index (κ2) is 5.83. The number of nitrogens with one attached hydrogen (secondary N) is 1. The summed E-state index contributed by atoms with van der Waals surface area (Å²) in [5.41, 5.74) is 0. The lowest BCUT2D eigenvalue weighted by Gasteiger charge is -2.13. The zero-order valence-corrected chi connectivity index (χ0v) is 10.4. The van der Waals surface area contributed by atoms with Crippen LogP contribution in [-0.4, -0.2) is 42.4 Å². The van der Waals surface area contributed by atoms with Crippen molar-refractivity contribution in [2.45, 2.75) is 38.5 Å². The molecule has 0 radical (unpaired) electrons. The van der Waals surface area contributed by atoms with E-state index in [0.717, 1.165) is 0 Å². The lowest BCUT2D eigenvalue weighted by Crippen LogP contribution is -2.43. The summed E-state index contributed by atoms with van der Waals surface area (Å²) < 4.78 is 22.7. The molecular weight excluding hydrogens is 234 g/mol. The molecule has 16 heavy (non-hydrogen) atoms. The van der Waals surface area contributed by atoms with E-state index in [0.29, 0.717) is 0 Å². The molecule has 0 aromatic rings. The smallest absolute Gasteiger partial charge is 0.326 e. The lowest BCUT2D eigenvalue weighted by atomic mass is 10.2. The second-order valence-electron chi connectivity index (χ2n) is 3.72. The first-order valence-corrected chi connectivity index (χ1v) is 6.66. The van der Waals surface area contributed by atoms with Gasteiger partial charge in [-0.2, -0.15) is 0 Å². The lowest BCUT2D eigenvalue weighted by molar-refractivity contribution is -0.141. The first-order valence-electron chi connectivity index (χ1n) is 4.94. The normalized spacial score (nSPS) is 13.5. The molecule has 0 aliphatic rings. The third kappa shape index (κ3) is 4.61. The predicted octanol–water partition coefficient (Wildman–Crippen LogP) is -0.211. The maximum absolute atomic E-state index is 11.4.